The van der Waals surface area contributed by atoms with Gasteiger partial charge in [0.2, 0.25) is 11.9 Å². The Bertz CT molecular complexity index is 864. The number of benzene rings is 1. The summed E-state index contributed by atoms with van der Waals surface area (Å²) in [5.74, 6) is 0.302. The average molecular weight is 308 g/mol. The molecule has 7 nitrogen and oxygen atoms in total. The maximum Gasteiger partial charge on any atom is 0.248 e. The molecule has 0 spiro atoms. The molecule has 116 valence electrons. The maximum absolute atomic E-state index is 11.2. The van der Waals surface area contributed by atoms with Gasteiger partial charge in [0, 0.05) is 24.3 Å². The highest BCUT2D eigenvalue weighted by atomic mass is 16.1. The zero-order valence-electron chi connectivity index (χ0n) is 12.5. The van der Waals surface area contributed by atoms with Crippen LogP contribution in [-0.2, 0) is 0 Å². The van der Waals surface area contributed by atoms with Crippen molar-refractivity contribution in [3.05, 3.63) is 42.4 Å². The van der Waals surface area contributed by atoms with Crippen LogP contribution in [0.15, 0.2) is 36.8 Å². The first kappa shape index (κ1) is 13.7. The normalized spacial score (nSPS) is 14.5. The molecule has 3 aromatic rings. The van der Waals surface area contributed by atoms with Crippen LogP contribution in [0.1, 0.15) is 23.2 Å². The Hall–Kier alpha value is -2.96. The van der Waals surface area contributed by atoms with Gasteiger partial charge in [-0.25, -0.2) is 9.97 Å². The Kier molecular flexibility index (Phi) is 3.18. The van der Waals surface area contributed by atoms with E-state index in [-0.39, 0.29) is 0 Å². The molecule has 4 rings (SSSR count). The van der Waals surface area contributed by atoms with E-state index in [0.29, 0.717) is 5.56 Å². The van der Waals surface area contributed by atoms with Crippen molar-refractivity contribution in [1.29, 1.82) is 0 Å². The Morgan fingerprint density at radius 3 is 2.52 bits per heavy atom. The standard InChI is InChI=1S/C16H16N6O/c17-14(23)11-3-5-12(6-4-11)22-10-19-13-9-18-16(20-15(13)22)21-7-1-2-8-21/h3-6,9-10H,1-2,7-8H2,(H2,17,23). The van der Waals surface area contributed by atoms with Crippen molar-refractivity contribution >= 4 is 23.0 Å². The van der Waals surface area contributed by atoms with E-state index in [1.807, 2.05) is 16.7 Å². The first-order valence-corrected chi connectivity index (χ1v) is 7.58. The number of carbonyl (C=O) groups excluding carboxylic acids is 1. The highest BCUT2D eigenvalue weighted by Crippen LogP contribution is 2.21. The number of nitrogens with zero attached hydrogens (tertiary/aromatic N) is 5. The van der Waals surface area contributed by atoms with Crippen LogP contribution >= 0.6 is 0 Å². The highest BCUT2D eigenvalue weighted by Gasteiger charge is 2.17. The van der Waals surface area contributed by atoms with E-state index >= 15 is 0 Å². The molecule has 2 aromatic heterocycles. The fraction of sp³-hybridized carbons (Fsp3) is 0.250. The van der Waals surface area contributed by atoms with Gasteiger partial charge in [-0.1, -0.05) is 0 Å². The summed E-state index contributed by atoms with van der Waals surface area (Å²) in [7, 11) is 0. The van der Waals surface area contributed by atoms with Gasteiger partial charge in [0.1, 0.15) is 11.8 Å². The Labute approximate surface area is 132 Å². The zero-order chi connectivity index (χ0) is 15.8. The monoisotopic (exact) mass is 308 g/mol. The molecule has 1 aliphatic heterocycles. The van der Waals surface area contributed by atoms with Gasteiger partial charge in [-0.2, -0.15) is 4.98 Å². The van der Waals surface area contributed by atoms with Crippen molar-refractivity contribution in [2.75, 3.05) is 18.0 Å². The van der Waals surface area contributed by atoms with Crippen LogP contribution in [0.2, 0.25) is 0 Å². The number of imidazole rings is 1. The molecule has 0 unspecified atom stereocenters. The molecule has 1 aromatic carbocycles. The Morgan fingerprint density at radius 2 is 1.83 bits per heavy atom. The number of hydrogen-bond acceptors (Lipinski definition) is 5. The topological polar surface area (TPSA) is 89.9 Å². The predicted octanol–water partition coefficient (Wildman–Crippen LogP) is 1.51. The minimum absolute atomic E-state index is 0.439. The van der Waals surface area contributed by atoms with Crippen LogP contribution in [0.25, 0.3) is 16.9 Å². The summed E-state index contributed by atoms with van der Waals surface area (Å²) in [6.45, 7) is 1.99. The molecule has 0 saturated carbocycles. The molecule has 1 aliphatic rings. The van der Waals surface area contributed by atoms with Gasteiger partial charge < -0.3 is 10.6 Å². The number of primary amides is 1. The molecule has 1 saturated heterocycles. The van der Waals surface area contributed by atoms with Crippen molar-refractivity contribution in [1.82, 2.24) is 19.5 Å². The molecule has 2 N–H and O–H groups in total. The fourth-order valence-corrected chi connectivity index (χ4v) is 2.85. The van der Waals surface area contributed by atoms with E-state index in [4.69, 9.17) is 5.73 Å². The Morgan fingerprint density at radius 1 is 1.09 bits per heavy atom. The van der Waals surface area contributed by atoms with E-state index in [0.717, 1.165) is 35.9 Å². The summed E-state index contributed by atoms with van der Waals surface area (Å²) in [5.41, 5.74) is 8.13. The molecular formula is C16H16N6O. The molecule has 1 fully saturated rings. The first-order valence-electron chi connectivity index (χ1n) is 7.58. The third kappa shape index (κ3) is 2.40. The molecule has 0 aliphatic carbocycles. The lowest BCUT2D eigenvalue weighted by Gasteiger charge is -2.14. The third-order valence-electron chi connectivity index (χ3n) is 4.10. The number of nitrogens with two attached hydrogens (primary N) is 1. The SMILES string of the molecule is NC(=O)c1ccc(-n2cnc3cnc(N4CCCC4)nc32)cc1. The molecule has 1 amide bonds. The lowest BCUT2D eigenvalue weighted by atomic mass is 10.2. The van der Waals surface area contributed by atoms with Crippen LogP contribution in [0.3, 0.4) is 0 Å². The quantitative estimate of drug-likeness (QED) is 0.792. The average Bonchev–Trinajstić information content (AvgIpc) is 3.24. The van der Waals surface area contributed by atoms with Gasteiger partial charge in [-0.05, 0) is 37.1 Å². The highest BCUT2D eigenvalue weighted by molar-refractivity contribution is 5.93. The van der Waals surface area contributed by atoms with Gasteiger partial charge in [0.15, 0.2) is 5.65 Å². The minimum atomic E-state index is -0.439. The number of amides is 1. The molecule has 7 heteroatoms. The van der Waals surface area contributed by atoms with Crippen molar-refractivity contribution in [3.63, 3.8) is 0 Å². The molecule has 0 atom stereocenters. The smallest absolute Gasteiger partial charge is 0.248 e. The summed E-state index contributed by atoms with van der Waals surface area (Å²) in [6.07, 6.45) is 5.82. The van der Waals surface area contributed by atoms with Crippen molar-refractivity contribution in [2.45, 2.75) is 12.8 Å². The number of rotatable bonds is 3. The van der Waals surface area contributed by atoms with E-state index in [2.05, 4.69) is 19.9 Å². The number of hydrogen-bond donors (Lipinski definition) is 1. The van der Waals surface area contributed by atoms with E-state index < -0.39 is 5.91 Å². The van der Waals surface area contributed by atoms with Crippen LogP contribution in [0, 0.1) is 0 Å². The lowest BCUT2D eigenvalue weighted by Crippen LogP contribution is -2.20. The van der Waals surface area contributed by atoms with Crippen molar-refractivity contribution in [3.8, 4) is 5.69 Å². The molecule has 3 heterocycles. The first-order chi connectivity index (χ1) is 11.2. The third-order valence-corrected chi connectivity index (χ3v) is 4.10. The molecule has 23 heavy (non-hydrogen) atoms. The van der Waals surface area contributed by atoms with E-state index in [1.54, 1.807) is 24.7 Å². The van der Waals surface area contributed by atoms with Gasteiger partial charge in [-0.3, -0.25) is 9.36 Å². The second kappa shape index (κ2) is 5.35. The Balaban J connectivity index is 1.77. The van der Waals surface area contributed by atoms with E-state index in [1.165, 1.54) is 12.8 Å². The van der Waals surface area contributed by atoms with Crippen LogP contribution in [0.4, 0.5) is 5.95 Å². The maximum atomic E-state index is 11.2. The summed E-state index contributed by atoms with van der Waals surface area (Å²) < 4.78 is 1.89. The molecule has 0 bridgehead atoms. The number of carbonyl (C=O) groups is 1. The predicted molar refractivity (Wildman–Crippen MR) is 86.6 cm³/mol. The van der Waals surface area contributed by atoms with Gasteiger partial charge in [0.25, 0.3) is 0 Å². The van der Waals surface area contributed by atoms with Crippen LogP contribution < -0.4 is 10.6 Å². The second-order valence-electron chi connectivity index (χ2n) is 5.60. The summed E-state index contributed by atoms with van der Waals surface area (Å²) in [5, 5.41) is 0. The largest absolute Gasteiger partial charge is 0.366 e. The minimum Gasteiger partial charge on any atom is -0.366 e. The van der Waals surface area contributed by atoms with Gasteiger partial charge in [-0.15, -0.1) is 0 Å². The second-order valence-corrected chi connectivity index (χ2v) is 5.60. The van der Waals surface area contributed by atoms with Crippen molar-refractivity contribution < 1.29 is 4.79 Å². The van der Waals surface area contributed by atoms with Gasteiger partial charge >= 0.3 is 0 Å². The van der Waals surface area contributed by atoms with Gasteiger partial charge in [0.05, 0.1) is 6.20 Å². The lowest BCUT2D eigenvalue weighted by molar-refractivity contribution is 0.100. The van der Waals surface area contributed by atoms with Crippen LogP contribution in [-0.4, -0.2) is 38.5 Å². The fourth-order valence-electron chi connectivity index (χ4n) is 2.85. The van der Waals surface area contributed by atoms with Crippen molar-refractivity contribution in [2.24, 2.45) is 5.73 Å². The molecule has 0 radical (unpaired) electrons. The summed E-state index contributed by atoms with van der Waals surface area (Å²) in [6, 6.07) is 7.07. The van der Waals surface area contributed by atoms with E-state index in [9.17, 15) is 4.79 Å². The summed E-state index contributed by atoms with van der Waals surface area (Å²) in [4.78, 5) is 26.8. The number of fused-ring (bicyclic) bond motifs is 1. The zero-order valence-corrected chi connectivity index (χ0v) is 12.5. The summed E-state index contributed by atoms with van der Waals surface area (Å²) >= 11 is 0. The number of aromatic nitrogens is 4. The van der Waals surface area contributed by atoms with Crippen LogP contribution in [0.5, 0.6) is 0 Å². The number of anilines is 1. The molecular weight excluding hydrogens is 292 g/mol.